The van der Waals surface area contributed by atoms with Gasteiger partial charge in [-0.1, -0.05) is 6.07 Å². The molecule has 0 unspecified atom stereocenters. The van der Waals surface area contributed by atoms with E-state index in [9.17, 15) is 53.4 Å². The summed E-state index contributed by atoms with van der Waals surface area (Å²) in [6.07, 6.45) is -14.7. The van der Waals surface area contributed by atoms with Crippen LogP contribution < -0.4 is 10.7 Å². The fourth-order valence-electron chi connectivity index (χ4n) is 3.82. The van der Waals surface area contributed by atoms with Crippen molar-refractivity contribution < 1.29 is 57.8 Å². The summed E-state index contributed by atoms with van der Waals surface area (Å²) < 4.78 is 153. The summed E-state index contributed by atoms with van der Waals surface area (Å²) >= 11 is 0. The highest BCUT2D eigenvalue weighted by Gasteiger charge is 2.36. The molecule has 0 atom stereocenters. The molecule has 0 radical (unpaired) electrons. The van der Waals surface area contributed by atoms with Gasteiger partial charge >= 0.3 is 18.5 Å². The Bertz CT molecular complexity index is 1590. The van der Waals surface area contributed by atoms with Gasteiger partial charge in [-0.15, -0.1) is 0 Å². The molecule has 4 rings (SSSR count). The second-order valence-corrected chi connectivity index (χ2v) is 8.23. The summed E-state index contributed by atoms with van der Waals surface area (Å²) in [5, 5.41) is 10.1. The Hall–Kier alpha value is -4.04. The van der Waals surface area contributed by atoms with Gasteiger partial charge < -0.3 is 14.8 Å². The molecule has 0 fully saturated rings. The topological polar surface area (TPSA) is 57.8 Å². The number of phenols is 1. The molecule has 0 saturated heterocycles. The SMILES string of the molecule is Oc1ccc(-c2c3cc(F)/c(=N\CC(F)(F)F)cc-3oc3cc(NCC(F)(F)F)c(F)cc23)c(C(F)(F)F)c1. The number of aromatic hydroxyl groups is 1. The quantitative estimate of drug-likeness (QED) is 0.196. The van der Waals surface area contributed by atoms with Crippen molar-refractivity contribution in [2.75, 3.05) is 18.4 Å². The number of rotatable bonds is 4. The third-order valence-corrected chi connectivity index (χ3v) is 5.36. The number of nitrogens with one attached hydrogen (secondary N) is 1. The lowest BCUT2D eigenvalue weighted by Gasteiger charge is -2.20. The van der Waals surface area contributed by atoms with E-state index in [0.29, 0.717) is 30.3 Å². The third kappa shape index (κ3) is 6.17. The molecule has 0 spiro atoms. The van der Waals surface area contributed by atoms with Crippen molar-refractivity contribution in [3.05, 3.63) is 65.0 Å². The van der Waals surface area contributed by atoms with Crippen molar-refractivity contribution in [1.29, 1.82) is 0 Å². The molecule has 4 nitrogen and oxygen atoms in total. The van der Waals surface area contributed by atoms with Gasteiger partial charge in [-0.05, 0) is 29.8 Å². The largest absolute Gasteiger partial charge is 0.508 e. The second kappa shape index (κ2) is 9.61. The fourth-order valence-corrected chi connectivity index (χ4v) is 3.82. The lowest BCUT2D eigenvalue weighted by Crippen LogP contribution is -2.21. The number of hydrogen-bond donors (Lipinski definition) is 2. The van der Waals surface area contributed by atoms with Crippen LogP contribution >= 0.6 is 0 Å². The second-order valence-electron chi connectivity index (χ2n) is 8.23. The van der Waals surface area contributed by atoms with Crippen molar-refractivity contribution in [1.82, 2.24) is 0 Å². The molecule has 2 N–H and O–H groups in total. The molecule has 2 aromatic rings. The maximum Gasteiger partial charge on any atom is 0.417 e. The average molecular weight is 570 g/mol. The number of nitrogens with zero attached hydrogens (tertiary/aromatic N) is 1. The van der Waals surface area contributed by atoms with Gasteiger partial charge in [0.15, 0.2) is 0 Å². The normalized spacial score (nSPS) is 13.5. The average Bonchev–Trinajstić information content (AvgIpc) is 2.79. The Balaban J connectivity index is 2.10. The predicted octanol–water partition coefficient (Wildman–Crippen LogP) is 7.64. The van der Waals surface area contributed by atoms with E-state index < -0.39 is 99.0 Å². The Labute approximate surface area is 210 Å². The molecule has 39 heavy (non-hydrogen) atoms. The molecular weight excluding hydrogens is 557 g/mol. The summed E-state index contributed by atoms with van der Waals surface area (Å²) in [6.45, 7) is -3.49. The number of phenolic OH excluding ortho intramolecular Hbond substituents is 1. The Kier molecular flexibility index (Phi) is 6.89. The van der Waals surface area contributed by atoms with Crippen LogP contribution in [0.25, 0.3) is 33.4 Å². The molecule has 0 saturated carbocycles. The fraction of sp³-hybridized carbons (Fsp3) is 0.208. The first-order valence-corrected chi connectivity index (χ1v) is 10.6. The highest BCUT2D eigenvalue weighted by Crippen LogP contribution is 2.46. The molecule has 15 heteroatoms. The first-order valence-electron chi connectivity index (χ1n) is 10.6. The van der Waals surface area contributed by atoms with Crippen molar-refractivity contribution in [2.24, 2.45) is 4.99 Å². The smallest absolute Gasteiger partial charge is 0.417 e. The number of halogens is 11. The molecule has 1 aliphatic heterocycles. The van der Waals surface area contributed by atoms with Crippen molar-refractivity contribution in [3.8, 4) is 28.2 Å². The van der Waals surface area contributed by atoms with Gasteiger partial charge in [0.25, 0.3) is 0 Å². The Morgan fingerprint density at radius 3 is 2.10 bits per heavy atom. The molecular formula is C24H13F11N2O2. The summed E-state index contributed by atoms with van der Waals surface area (Å²) in [5.74, 6) is -4.01. The zero-order chi connectivity index (χ0) is 28.9. The van der Waals surface area contributed by atoms with E-state index in [0.717, 1.165) is 12.1 Å². The molecule has 0 bridgehead atoms. The number of fused-ring (bicyclic) bond motifs is 2. The molecule has 2 aromatic carbocycles. The van der Waals surface area contributed by atoms with Crippen molar-refractivity contribution in [3.63, 3.8) is 0 Å². The minimum absolute atomic E-state index is 0.343. The van der Waals surface area contributed by atoms with E-state index in [1.807, 2.05) is 0 Å². The summed E-state index contributed by atoms with van der Waals surface area (Å²) in [7, 11) is 0. The lowest BCUT2D eigenvalue weighted by molar-refractivity contribution is -0.137. The van der Waals surface area contributed by atoms with Crippen LogP contribution in [0.4, 0.5) is 54.0 Å². The van der Waals surface area contributed by atoms with Crippen LogP contribution in [0, 0.1) is 11.6 Å². The van der Waals surface area contributed by atoms with E-state index in [-0.39, 0.29) is 0 Å². The van der Waals surface area contributed by atoms with Crippen LogP contribution in [0.1, 0.15) is 5.56 Å². The van der Waals surface area contributed by atoms with Gasteiger partial charge in [0.1, 0.15) is 41.8 Å². The minimum Gasteiger partial charge on any atom is -0.508 e. The first kappa shape index (κ1) is 28.0. The standard InChI is InChI=1S/C24H13F11N2O2/c25-15-4-12-19(6-17(15)36-8-22(27,28)29)39-20-7-18(37-9-23(30,31)32)16(26)5-13(20)21(12)11-2-1-10(38)3-14(11)24(33,34)35/h1-7,36,38H,8-9H2/b37-18-. The number of anilines is 1. The van der Waals surface area contributed by atoms with Crippen LogP contribution in [-0.2, 0) is 6.18 Å². The molecule has 1 aliphatic carbocycles. The third-order valence-electron chi connectivity index (χ3n) is 5.36. The molecule has 208 valence electrons. The highest BCUT2D eigenvalue weighted by molar-refractivity contribution is 6.03. The first-order chi connectivity index (χ1) is 17.9. The molecule has 1 heterocycles. The lowest BCUT2D eigenvalue weighted by atomic mass is 9.90. The monoisotopic (exact) mass is 570 g/mol. The maximum absolute atomic E-state index is 14.8. The summed E-state index contributed by atoms with van der Waals surface area (Å²) in [4.78, 5) is 3.10. The van der Waals surface area contributed by atoms with Gasteiger partial charge in [-0.2, -0.15) is 39.5 Å². The zero-order valence-electron chi connectivity index (χ0n) is 18.9. The molecule has 0 amide bonds. The summed E-state index contributed by atoms with van der Waals surface area (Å²) in [6, 6.07) is 4.48. The van der Waals surface area contributed by atoms with E-state index in [1.165, 1.54) is 0 Å². The number of benzene rings is 3. The van der Waals surface area contributed by atoms with Crippen LogP contribution in [0.15, 0.2) is 51.9 Å². The van der Waals surface area contributed by atoms with Crippen molar-refractivity contribution in [2.45, 2.75) is 18.5 Å². The number of alkyl halides is 9. The van der Waals surface area contributed by atoms with E-state index in [1.54, 1.807) is 5.32 Å². The Morgan fingerprint density at radius 2 is 1.49 bits per heavy atom. The van der Waals surface area contributed by atoms with Crippen LogP contribution in [0.2, 0.25) is 0 Å². The highest BCUT2D eigenvalue weighted by atomic mass is 19.4. The zero-order valence-corrected chi connectivity index (χ0v) is 18.9. The maximum atomic E-state index is 14.8. The minimum atomic E-state index is -5.10. The molecule has 0 aromatic heterocycles. The van der Waals surface area contributed by atoms with Crippen molar-refractivity contribution >= 4 is 16.7 Å². The van der Waals surface area contributed by atoms with Gasteiger partial charge in [-0.25, -0.2) is 8.78 Å². The summed E-state index contributed by atoms with van der Waals surface area (Å²) in [5.41, 5.74) is -4.35. The van der Waals surface area contributed by atoms with E-state index in [2.05, 4.69) is 4.99 Å². The Morgan fingerprint density at radius 1 is 0.795 bits per heavy atom. The van der Waals surface area contributed by atoms with Gasteiger partial charge in [0, 0.05) is 28.6 Å². The molecule has 2 aliphatic rings. The number of hydrogen-bond acceptors (Lipinski definition) is 4. The van der Waals surface area contributed by atoms with Gasteiger partial charge in [0.2, 0.25) is 0 Å². The van der Waals surface area contributed by atoms with E-state index >= 15 is 0 Å². The van der Waals surface area contributed by atoms with Gasteiger partial charge in [0.05, 0.1) is 16.6 Å². The predicted molar refractivity (Wildman–Crippen MR) is 116 cm³/mol. The van der Waals surface area contributed by atoms with Crippen LogP contribution in [0.3, 0.4) is 0 Å². The van der Waals surface area contributed by atoms with E-state index in [4.69, 9.17) is 4.42 Å². The van der Waals surface area contributed by atoms with Gasteiger partial charge in [-0.3, -0.25) is 4.99 Å². The van der Waals surface area contributed by atoms with Crippen LogP contribution in [0.5, 0.6) is 5.75 Å². The van der Waals surface area contributed by atoms with Crippen LogP contribution in [-0.4, -0.2) is 30.5 Å².